The molecule has 1 N–H and O–H groups in total. The van der Waals surface area contributed by atoms with E-state index in [1.807, 2.05) is 25.1 Å². The van der Waals surface area contributed by atoms with Crippen LogP contribution in [-0.4, -0.2) is 57.9 Å². The quantitative estimate of drug-likeness (QED) is 0.607. The summed E-state index contributed by atoms with van der Waals surface area (Å²) >= 11 is 0. The Hall–Kier alpha value is -3.46. The van der Waals surface area contributed by atoms with Crippen molar-refractivity contribution in [1.82, 2.24) is 30.0 Å². The second kappa shape index (κ2) is 9.78. The van der Waals surface area contributed by atoms with Gasteiger partial charge in [0, 0.05) is 50.6 Å². The maximum atomic E-state index is 12.5. The zero-order chi connectivity index (χ0) is 22.5. The Balaban J connectivity index is 1.44. The van der Waals surface area contributed by atoms with Crippen LogP contribution in [-0.2, 0) is 19.5 Å². The largest absolute Gasteiger partial charge is 0.497 e. The fourth-order valence-electron chi connectivity index (χ4n) is 3.96. The minimum Gasteiger partial charge on any atom is -0.497 e. The first-order valence-electron chi connectivity index (χ1n) is 10.6. The zero-order valence-electron chi connectivity index (χ0n) is 18.6. The maximum Gasteiger partial charge on any atom is 0.253 e. The van der Waals surface area contributed by atoms with Gasteiger partial charge in [0.1, 0.15) is 17.3 Å². The number of carbonyl (C=O) groups is 1. The van der Waals surface area contributed by atoms with Gasteiger partial charge in [-0.3, -0.25) is 14.7 Å². The molecule has 0 bridgehead atoms. The van der Waals surface area contributed by atoms with E-state index in [0.29, 0.717) is 5.56 Å². The Kier molecular flexibility index (Phi) is 6.65. The summed E-state index contributed by atoms with van der Waals surface area (Å²) in [5, 5.41) is 11.8. The van der Waals surface area contributed by atoms with Crippen molar-refractivity contribution >= 4 is 5.91 Å². The van der Waals surface area contributed by atoms with E-state index in [1.54, 1.807) is 38.7 Å². The highest BCUT2D eigenvalue weighted by Crippen LogP contribution is 2.26. The Morgan fingerprint density at radius 3 is 2.78 bits per heavy atom. The molecule has 1 unspecified atom stereocenters. The summed E-state index contributed by atoms with van der Waals surface area (Å²) < 4.78 is 13.0. The van der Waals surface area contributed by atoms with Gasteiger partial charge in [-0.15, -0.1) is 10.2 Å². The van der Waals surface area contributed by atoms with Crippen LogP contribution in [0.5, 0.6) is 11.5 Å². The van der Waals surface area contributed by atoms with Crippen LogP contribution >= 0.6 is 0 Å². The number of pyridine rings is 1. The fraction of sp³-hybridized carbons (Fsp3) is 0.391. The first kappa shape index (κ1) is 21.8. The van der Waals surface area contributed by atoms with Crippen molar-refractivity contribution in [2.24, 2.45) is 0 Å². The third-order valence-electron chi connectivity index (χ3n) is 5.69. The lowest BCUT2D eigenvalue weighted by Crippen LogP contribution is -2.30. The molecule has 1 aromatic carbocycles. The van der Waals surface area contributed by atoms with Gasteiger partial charge in [-0.1, -0.05) is 0 Å². The van der Waals surface area contributed by atoms with Crippen molar-refractivity contribution in [3.63, 3.8) is 0 Å². The van der Waals surface area contributed by atoms with E-state index in [1.165, 1.54) is 0 Å². The highest BCUT2D eigenvalue weighted by atomic mass is 16.5. The Labute approximate surface area is 187 Å². The Bertz CT molecular complexity index is 1070. The van der Waals surface area contributed by atoms with Gasteiger partial charge in [-0.2, -0.15) is 0 Å². The maximum absolute atomic E-state index is 12.5. The molecule has 2 aromatic heterocycles. The van der Waals surface area contributed by atoms with Crippen LogP contribution in [0.4, 0.5) is 0 Å². The standard InChI is InChI=1S/C23H28N6O3/c1-16(25-23(30)17-5-4-9-24-14-17)22-27-26-21-8-10-28(11-12-29(21)22)15-18-13-19(31-2)6-7-20(18)32-3/h4-7,9,13-14,16H,8,10-12,15H2,1-3H3,(H,25,30). The van der Waals surface area contributed by atoms with Crippen molar-refractivity contribution in [2.45, 2.75) is 32.5 Å². The molecular weight excluding hydrogens is 408 g/mol. The molecule has 1 atom stereocenters. The molecule has 0 aliphatic carbocycles. The predicted octanol–water partition coefficient (Wildman–Crippen LogP) is 2.24. The summed E-state index contributed by atoms with van der Waals surface area (Å²) in [6, 6.07) is 9.07. The second-order valence-electron chi connectivity index (χ2n) is 7.77. The average molecular weight is 437 g/mol. The van der Waals surface area contributed by atoms with Crippen LogP contribution in [0, 0.1) is 0 Å². The molecule has 1 amide bonds. The summed E-state index contributed by atoms with van der Waals surface area (Å²) in [5.41, 5.74) is 1.61. The molecule has 0 radical (unpaired) electrons. The predicted molar refractivity (Wildman–Crippen MR) is 119 cm³/mol. The number of ether oxygens (including phenoxy) is 2. The van der Waals surface area contributed by atoms with E-state index in [-0.39, 0.29) is 11.9 Å². The summed E-state index contributed by atoms with van der Waals surface area (Å²) in [6.07, 6.45) is 3.98. The number of fused-ring (bicyclic) bond motifs is 1. The molecule has 0 saturated heterocycles. The molecule has 1 aliphatic heterocycles. The topological polar surface area (TPSA) is 94.4 Å². The lowest BCUT2D eigenvalue weighted by atomic mass is 10.1. The molecule has 32 heavy (non-hydrogen) atoms. The number of benzene rings is 1. The zero-order valence-corrected chi connectivity index (χ0v) is 18.6. The Morgan fingerprint density at radius 1 is 1.16 bits per heavy atom. The van der Waals surface area contributed by atoms with Crippen molar-refractivity contribution in [1.29, 1.82) is 0 Å². The molecule has 3 aromatic rings. The van der Waals surface area contributed by atoms with Crippen LogP contribution in [0.25, 0.3) is 0 Å². The molecule has 168 valence electrons. The van der Waals surface area contributed by atoms with Gasteiger partial charge in [0.25, 0.3) is 5.91 Å². The number of amides is 1. The third kappa shape index (κ3) is 4.72. The highest BCUT2D eigenvalue weighted by molar-refractivity contribution is 5.94. The van der Waals surface area contributed by atoms with Gasteiger partial charge in [-0.05, 0) is 37.3 Å². The van der Waals surface area contributed by atoms with Crippen molar-refractivity contribution in [2.75, 3.05) is 27.3 Å². The smallest absolute Gasteiger partial charge is 0.253 e. The van der Waals surface area contributed by atoms with Gasteiger partial charge >= 0.3 is 0 Å². The fourth-order valence-corrected chi connectivity index (χ4v) is 3.96. The average Bonchev–Trinajstić information content (AvgIpc) is 3.14. The minimum absolute atomic E-state index is 0.177. The monoisotopic (exact) mass is 436 g/mol. The molecule has 9 nitrogen and oxygen atoms in total. The molecule has 0 saturated carbocycles. The van der Waals surface area contributed by atoms with E-state index in [4.69, 9.17) is 9.47 Å². The molecule has 0 spiro atoms. The number of carbonyl (C=O) groups excluding carboxylic acids is 1. The van der Waals surface area contributed by atoms with E-state index < -0.39 is 0 Å². The van der Waals surface area contributed by atoms with Crippen LogP contribution in [0.1, 0.15) is 40.5 Å². The lowest BCUT2D eigenvalue weighted by molar-refractivity contribution is 0.0937. The lowest BCUT2D eigenvalue weighted by Gasteiger charge is -2.21. The van der Waals surface area contributed by atoms with Crippen molar-refractivity contribution in [3.8, 4) is 11.5 Å². The van der Waals surface area contributed by atoms with E-state index in [2.05, 4.69) is 30.0 Å². The first-order chi connectivity index (χ1) is 15.6. The minimum atomic E-state index is -0.269. The van der Waals surface area contributed by atoms with E-state index in [0.717, 1.165) is 61.3 Å². The summed E-state index contributed by atoms with van der Waals surface area (Å²) in [4.78, 5) is 18.9. The Morgan fingerprint density at radius 2 is 2.03 bits per heavy atom. The number of nitrogens with one attached hydrogen (secondary N) is 1. The summed E-state index contributed by atoms with van der Waals surface area (Å²) in [7, 11) is 3.35. The van der Waals surface area contributed by atoms with Crippen LogP contribution in [0.2, 0.25) is 0 Å². The number of hydrogen-bond acceptors (Lipinski definition) is 7. The van der Waals surface area contributed by atoms with Gasteiger partial charge in [0.15, 0.2) is 5.82 Å². The van der Waals surface area contributed by atoms with Crippen molar-refractivity contribution < 1.29 is 14.3 Å². The summed E-state index contributed by atoms with van der Waals surface area (Å²) in [5.74, 6) is 3.18. The molecule has 1 aliphatic rings. The van der Waals surface area contributed by atoms with Gasteiger partial charge in [0.05, 0.1) is 25.8 Å². The first-order valence-corrected chi connectivity index (χ1v) is 10.6. The van der Waals surface area contributed by atoms with Crippen molar-refractivity contribution in [3.05, 3.63) is 65.5 Å². The van der Waals surface area contributed by atoms with Gasteiger partial charge in [0.2, 0.25) is 0 Å². The number of methoxy groups -OCH3 is 2. The highest BCUT2D eigenvalue weighted by Gasteiger charge is 2.23. The van der Waals surface area contributed by atoms with Gasteiger partial charge < -0.3 is 19.4 Å². The normalized spacial score (nSPS) is 14.8. The molecular formula is C23H28N6O3. The number of nitrogens with zero attached hydrogens (tertiary/aromatic N) is 5. The van der Waals surface area contributed by atoms with E-state index >= 15 is 0 Å². The van der Waals surface area contributed by atoms with Crippen LogP contribution in [0.3, 0.4) is 0 Å². The number of aromatic nitrogens is 4. The molecule has 9 heteroatoms. The number of hydrogen-bond donors (Lipinski definition) is 1. The molecule has 3 heterocycles. The molecule has 4 rings (SSSR count). The SMILES string of the molecule is COc1ccc(OC)c(CN2CCc3nnc(C(C)NC(=O)c4cccnc4)n3CC2)c1. The van der Waals surface area contributed by atoms with Crippen LogP contribution in [0.15, 0.2) is 42.7 Å². The number of rotatable bonds is 7. The summed E-state index contributed by atoms with van der Waals surface area (Å²) in [6.45, 7) is 5.12. The molecule has 0 fully saturated rings. The second-order valence-corrected chi connectivity index (χ2v) is 7.77. The van der Waals surface area contributed by atoms with Crippen LogP contribution < -0.4 is 14.8 Å². The third-order valence-corrected chi connectivity index (χ3v) is 5.69. The van der Waals surface area contributed by atoms with E-state index in [9.17, 15) is 4.79 Å². The van der Waals surface area contributed by atoms with Gasteiger partial charge in [-0.25, -0.2) is 0 Å².